The van der Waals surface area contributed by atoms with Gasteiger partial charge >= 0.3 is 0 Å². The van der Waals surface area contributed by atoms with Crippen molar-refractivity contribution in [3.63, 3.8) is 0 Å². The van der Waals surface area contributed by atoms with E-state index >= 15 is 0 Å². The third-order valence-electron chi connectivity index (χ3n) is 3.64. The lowest BCUT2D eigenvalue weighted by molar-refractivity contribution is -0.117. The summed E-state index contributed by atoms with van der Waals surface area (Å²) in [5.74, 6) is -2.14. The summed E-state index contributed by atoms with van der Waals surface area (Å²) >= 11 is 0. The predicted molar refractivity (Wildman–Crippen MR) is 82.3 cm³/mol. The zero-order valence-electron chi connectivity index (χ0n) is 12.2. The van der Waals surface area contributed by atoms with E-state index in [1.54, 1.807) is 29.2 Å². The standard InChI is InChI=1S/C17H14F2N2O2/c18-12-8-11(9-13(19)10-12)17(23)20-14-3-5-15(6-4-14)21-7-1-2-16(21)22/h3-6,8-10H,1-2,7H2,(H,20,23). The van der Waals surface area contributed by atoms with Gasteiger partial charge < -0.3 is 10.2 Å². The van der Waals surface area contributed by atoms with Crippen molar-refractivity contribution in [3.8, 4) is 0 Å². The van der Waals surface area contributed by atoms with Crippen molar-refractivity contribution < 1.29 is 18.4 Å². The van der Waals surface area contributed by atoms with Crippen molar-refractivity contribution in [3.05, 3.63) is 59.7 Å². The molecule has 0 radical (unpaired) electrons. The summed E-state index contributed by atoms with van der Waals surface area (Å²) in [6.07, 6.45) is 1.38. The van der Waals surface area contributed by atoms with Crippen LogP contribution in [0.2, 0.25) is 0 Å². The van der Waals surface area contributed by atoms with Gasteiger partial charge in [-0.3, -0.25) is 9.59 Å². The molecule has 2 amide bonds. The molecule has 23 heavy (non-hydrogen) atoms. The lowest BCUT2D eigenvalue weighted by Crippen LogP contribution is -2.23. The molecule has 1 N–H and O–H groups in total. The quantitative estimate of drug-likeness (QED) is 0.944. The van der Waals surface area contributed by atoms with Gasteiger partial charge in [-0.25, -0.2) is 8.78 Å². The molecule has 2 aromatic carbocycles. The maximum absolute atomic E-state index is 13.1. The second-order valence-electron chi connectivity index (χ2n) is 5.31. The molecule has 1 fully saturated rings. The molecule has 0 atom stereocenters. The Hall–Kier alpha value is -2.76. The number of carbonyl (C=O) groups is 2. The third kappa shape index (κ3) is 3.36. The molecule has 4 nitrogen and oxygen atoms in total. The smallest absolute Gasteiger partial charge is 0.255 e. The van der Waals surface area contributed by atoms with Crippen molar-refractivity contribution >= 4 is 23.2 Å². The number of hydrogen-bond acceptors (Lipinski definition) is 2. The normalized spacial score (nSPS) is 14.2. The van der Waals surface area contributed by atoms with Gasteiger partial charge in [0.25, 0.3) is 5.91 Å². The molecular formula is C17H14F2N2O2. The highest BCUT2D eigenvalue weighted by molar-refractivity contribution is 6.04. The lowest BCUT2D eigenvalue weighted by atomic mass is 10.2. The van der Waals surface area contributed by atoms with Gasteiger partial charge in [0, 0.05) is 36.0 Å². The van der Waals surface area contributed by atoms with Crippen LogP contribution in [0.4, 0.5) is 20.2 Å². The highest BCUT2D eigenvalue weighted by Crippen LogP contribution is 2.23. The molecule has 0 aliphatic carbocycles. The zero-order valence-corrected chi connectivity index (χ0v) is 12.2. The molecule has 6 heteroatoms. The number of amides is 2. The fraction of sp³-hybridized carbons (Fsp3) is 0.176. The van der Waals surface area contributed by atoms with Gasteiger partial charge in [-0.2, -0.15) is 0 Å². The minimum Gasteiger partial charge on any atom is -0.322 e. The van der Waals surface area contributed by atoms with E-state index in [4.69, 9.17) is 0 Å². The first kappa shape index (κ1) is 15.1. The molecule has 0 aromatic heterocycles. The largest absolute Gasteiger partial charge is 0.322 e. The Morgan fingerprint density at radius 1 is 1.04 bits per heavy atom. The number of benzene rings is 2. The number of halogens is 2. The first-order valence-electron chi connectivity index (χ1n) is 7.21. The van der Waals surface area contributed by atoms with Gasteiger partial charge in [0.1, 0.15) is 11.6 Å². The van der Waals surface area contributed by atoms with Crippen LogP contribution < -0.4 is 10.2 Å². The lowest BCUT2D eigenvalue weighted by Gasteiger charge is -2.16. The fourth-order valence-electron chi connectivity index (χ4n) is 2.53. The highest BCUT2D eigenvalue weighted by atomic mass is 19.1. The van der Waals surface area contributed by atoms with E-state index in [1.165, 1.54) is 0 Å². The number of carbonyl (C=O) groups excluding carboxylic acids is 2. The average Bonchev–Trinajstić information content (AvgIpc) is 2.93. The van der Waals surface area contributed by atoms with Crippen molar-refractivity contribution in [1.82, 2.24) is 0 Å². The van der Waals surface area contributed by atoms with Gasteiger partial charge in [0.2, 0.25) is 5.91 Å². The van der Waals surface area contributed by atoms with E-state index in [-0.39, 0.29) is 11.5 Å². The van der Waals surface area contributed by atoms with Crippen LogP contribution in [0.5, 0.6) is 0 Å². The fourth-order valence-corrected chi connectivity index (χ4v) is 2.53. The first-order chi connectivity index (χ1) is 11.0. The third-order valence-corrected chi connectivity index (χ3v) is 3.64. The maximum atomic E-state index is 13.1. The topological polar surface area (TPSA) is 49.4 Å². The van der Waals surface area contributed by atoms with Crippen molar-refractivity contribution in [1.29, 1.82) is 0 Å². The van der Waals surface area contributed by atoms with Crippen molar-refractivity contribution in [2.24, 2.45) is 0 Å². The van der Waals surface area contributed by atoms with E-state index in [1.807, 2.05) is 0 Å². The van der Waals surface area contributed by atoms with Crippen LogP contribution in [0.1, 0.15) is 23.2 Å². The average molecular weight is 316 g/mol. The van der Waals surface area contributed by atoms with Crippen LogP contribution in [-0.2, 0) is 4.79 Å². The minimum absolute atomic E-state index is 0.0806. The van der Waals surface area contributed by atoms with Gasteiger partial charge in [-0.15, -0.1) is 0 Å². The zero-order chi connectivity index (χ0) is 16.4. The van der Waals surface area contributed by atoms with E-state index in [9.17, 15) is 18.4 Å². The van der Waals surface area contributed by atoms with E-state index < -0.39 is 17.5 Å². The molecule has 0 spiro atoms. The Morgan fingerprint density at radius 2 is 1.70 bits per heavy atom. The summed E-state index contributed by atoms with van der Waals surface area (Å²) < 4.78 is 26.3. The molecule has 1 saturated heterocycles. The van der Waals surface area contributed by atoms with Crippen LogP contribution in [-0.4, -0.2) is 18.4 Å². The monoisotopic (exact) mass is 316 g/mol. The summed E-state index contributed by atoms with van der Waals surface area (Å²) in [4.78, 5) is 25.4. The number of anilines is 2. The van der Waals surface area contributed by atoms with Crippen LogP contribution in [0.15, 0.2) is 42.5 Å². The van der Waals surface area contributed by atoms with Gasteiger partial charge in [-0.1, -0.05) is 0 Å². The summed E-state index contributed by atoms with van der Waals surface area (Å²) in [7, 11) is 0. The maximum Gasteiger partial charge on any atom is 0.255 e. The molecule has 3 rings (SSSR count). The van der Waals surface area contributed by atoms with Crippen molar-refractivity contribution in [2.75, 3.05) is 16.8 Å². The highest BCUT2D eigenvalue weighted by Gasteiger charge is 2.21. The van der Waals surface area contributed by atoms with Crippen LogP contribution in [0, 0.1) is 11.6 Å². The van der Waals surface area contributed by atoms with E-state index in [2.05, 4.69) is 5.32 Å². The molecule has 1 heterocycles. The van der Waals surface area contributed by atoms with E-state index in [0.717, 1.165) is 24.2 Å². The summed E-state index contributed by atoms with van der Waals surface area (Å²) in [5.41, 5.74) is 1.15. The van der Waals surface area contributed by atoms with Crippen molar-refractivity contribution in [2.45, 2.75) is 12.8 Å². The minimum atomic E-state index is -0.807. The summed E-state index contributed by atoms with van der Waals surface area (Å²) in [5, 5.41) is 2.57. The van der Waals surface area contributed by atoms with Gasteiger partial charge in [0.05, 0.1) is 0 Å². The van der Waals surface area contributed by atoms with Crippen LogP contribution in [0.3, 0.4) is 0 Å². The molecule has 0 unspecified atom stereocenters. The molecule has 1 aliphatic rings. The number of nitrogens with one attached hydrogen (secondary N) is 1. The Bertz CT molecular complexity index is 739. The van der Waals surface area contributed by atoms with Crippen LogP contribution in [0.25, 0.3) is 0 Å². The first-order valence-corrected chi connectivity index (χ1v) is 7.21. The Labute approximate surface area is 131 Å². The number of nitrogens with zero attached hydrogens (tertiary/aromatic N) is 1. The van der Waals surface area contributed by atoms with Gasteiger partial charge in [-0.05, 0) is 42.8 Å². The molecular weight excluding hydrogens is 302 g/mol. The molecule has 1 aliphatic heterocycles. The Morgan fingerprint density at radius 3 is 2.26 bits per heavy atom. The number of rotatable bonds is 3. The van der Waals surface area contributed by atoms with E-state index in [0.29, 0.717) is 24.7 Å². The Kier molecular flexibility index (Phi) is 4.06. The Balaban J connectivity index is 1.72. The molecule has 2 aromatic rings. The second kappa shape index (κ2) is 6.16. The number of hydrogen-bond donors (Lipinski definition) is 1. The van der Waals surface area contributed by atoms with Gasteiger partial charge in [0.15, 0.2) is 0 Å². The summed E-state index contributed by atoms with van der Waals surface area (Å²) in [6.45, 7) is 0.688. The predicted octanol–water partition coefficient (Wildman–Crippen LogP) is 3.34. The summed E-state index contributed by atoms with van der Waals surface area (Å²) in [6, 6.07) is 9.39. The molecule has 118 valence electrons. The SMILES string of the molecule is O=C(Nc1ccc(N2CCCC2=O)cc1)c1cc(F)cc(F)c1. The second-order valence-corrected chi connectivity index (χ2v) is 5.31. The molecule has 0 saturated carbocycles. The molecule has 0 bridgehead atoms. The van der Waals surface area contributed by atoms with Crippen LogP contribution >= 0.6 is 0 Å².